The largest absolute Gasteiger partial charge is 0.468 e. The quantitative estimate of drug-likeness (QED) is 0.592. The first-order valence-corrected chi connectivity index (χ1v) is 7.19. The monoisotopic (exact) mass is 328 g/mol. The summed E-state index contributed by atoms with van der Waals surface area (Å²) in [6, 6.07) is 0. The van der Waals surface area contributed by atoms with Gasteiger partial charge in [-0.05, 0) is 19.3 Å². The Morgan fingerprint density at radius 1 is 1.52 bits per heavy atom. The fourth-order valence-electron chi connectivity index (χ4n) is 2.81. The minimum Gasteiger partial charge on any atom is -0.468 e. The number of ether oxygens (including phenoxy) is 2. The minimum atomic E-state index is -3.19. The van der Waals surface area contributed by atoms with Crippen LogP contribution in [0, 0.1) is 0 Å². The molecule has 0 saturated carbocycles. The lowest BCUT2D eigenvalue weighted by molar-refractivity contribution is -0.141. The predicted molar refractivity (Wildman–Crippen MR) is 76.3 cm³/mol. The molecule has 0 bridgehead atoms. The lowest BCUT2D eigenvalue weighted by Gasteiger charge is -2.13. The zero-order chi connectivity index (χ0) is 17.2. The molecule has 1 aliphatic carbocycles. The number of methoxy groups -OCH3 is 1. The van der Waals surface area contributed by atoms with E-state index in [2.05, 4.69) is 16.4 Å². The van der Waals surface area contributed by atoms with Gasteiger partial charge in [0.15, 0.2) is 5.69 Å². The number of fused-ring (bicyclic) bond motifs is 1. The Balaban J connectivity index is 2.57. The minimum absolute atomic E-state index is 0.0972. The summed E-state index contributed by atoms with van der Waals surface area (Å²) in [5.41, 5.74) is -0.454. The van der Waals surface area contributed by atoms with Crippen molar-refractivity contribution in [1.82, 2.24) is 9.78 Å². The third-order valence-corrected chi connectivity index (χ3v) is 3.67. The van der Waals surface area contributed by atoms with Crippen LogP contribution in [-0.2, 0) is 26.7 Å². The van der Waals surface area contributed by atoms with Crippen molar-refractivity contribution in [1.29, 1.82) is 0 Å². The van der Waals surface area contributed by atoms with Gasteiger partial charge in [0, 0.05) is 12.0 Å². The molecule has 1 aromatic heterocycles. The first-order valence-electron chi connectivity index (χ1n) is 7.19. The molecule has 6 nitrogen and oxygen atoms in total. The maximum Gasteiger partial charge on any atom is 0.359 e. The fraction of sp³-hybridized carbons (Fsp3) is 0.533. The van der Waals surface area contributed by atoms with Crippen LogP contribution in [-0.4, -0.2) is 35.4 Å². The zero-order valence-electron chi connectivity index (χ0n) is 13.0. The molecule has 2 rings (SSSR count). The number of halogens is 2. The second-order valence-corrected chi connectivity index (χ2v) is 5.20. The van der Waals surface area contributed by atoms with Crippen LogP contribution in [0.2, 0.25) is 0 Å². The number of carbonyl (C=O) groups excluding carboxylic acids is 2. The Labute approximate surface area is 132 Å². The summed E-state index contributed by atoms with van der Waals surface area (Å²) in [6.07, 6.45) is 1.33. The molecule has 8 heteroatoms. The lowest BCUT2D eigenvalue weighted by Crippen LogP contribution is -2.21. The summed E-state index contributed by atoms with van der Waals surface area (Å²) in [6.45, 7) is 4.78. The molecule has 0 radical (unpaired) electrons. The normalized spacial score (nSPS) is 18.3. The third kappa shape index (κ3) is 3.11. The molecule has 0 unspecified atom stereocenters. The molecular formula is C15H18F2N2O4. The van der Waals surface area contributed by atoms with Crippen molar-refractivity contribution >= 4 is 11.9 Å². The summed E-state index contributed by atoms with van der Waals surface area (Å²) < 4.78 is 39.0. The summed E-state index contributed by atoms with van der Waals surface area (Å²) in [7, 11) is 1.15. The molecule has 23 heavy (non-hydrogen) atoms. The molecule has 0 amide bonds. The maximum atomic E-state index is 14.4. The second-order valence-electron chi connectivity index (χ2n) is 5.20. The molecule has 126 valence electrons. The van der Waals surface area contributed by atoms with E-state index in [-0.39, 0.29) is 24.3 Å². The Morgan fingerprint density at radius 2 is 2.22 bits per heavy atom. The number of nitrogens with zero attached hydrogens (tertiary/aromatic N) is 2. The number of aromatic nitrogens is 2. The summed E-state index contributed by atoms with van der Waals surface area (Å²) in [5, 5.41) is 3.89. The maximum absolute atomic E-state index is 14.4. The average molecular weight is 328 g/mol. The SMILES string of the molecule is C=CC[C@H]1CC(F)(F)c2c1c(C(=O)OCC)nn2CC(=O)OC. The number of allylic oxidation sites excluding steroid dienone is 1. The third-order valence-electron chi connectivity index (χ3n) is 3.67. The van der Waals surface area contributed by atoms with E-state index >= 15 is 0 Å². The van der Waals surface area contributed by atoms with Crippen LogP contribution in [0.3, 0.4) is 0 Å². The molecule has 0 saturated heterocycles. The van der Waals surface area contributed by atoms with Gasteiger partial charge in [-0.15, -0.1) is 6.58 Å². The molecule has 0 fully saturated rings. The van der Waals surface area contributed by atoms with Gasteiger partial charge < -0.3 is 9.47 Å². The van der Waals surface area contributed by atoms with Crippen LogP contribution < -0.4 is 0 Å². The highest BCUT2D eigenvalue weighted by Gasteiger charge is 2.51. The molecule has 0 aromatic carbocycles. The number of esters is 2. The van der Waals surface area contributed by atoms with E-state index in [9.17, 15) is 18.4 Å². The summed E-state index contributed by atoms with van der Waals surface area (Å²) in [5.74, 6) is -5.29. The smallest absolute Gasteiger partial charge is 0.359 e. The van der Waals surface area contributed by atoms with Crippen molar-refractivity contribution in [3.8, 4) is 0 Å². The molecule has 1 heterocycles. The molecule has 0 N–H and O–H groups in total. The van der Waals surface area contributed by atoms with Crippen LogP contribution in [0.4, 0.5) is 8.78 Å². The molecule has 1 aromatic rings. The summed E-state index contributed by atoms with van der Waals surface area (Å²) >= 11 is 0. The molecule has 0 aliphatic heterocycles. The number of carbonyl (C=O) groups is 2. The van der Waals surface area contributed by atoms with Gasteiger partial charge in [0.1, 0.15) is 12.2 Å². The van der Waals surface area contributed by atoms with Crippen molar-refractivity contribution in [2.75, 3.05) is 13.7 Å². The molecule has 1 atom stereocenters. The van der Waals surface area contributed by atoms with Crippen molar-refractivity contribution in [2.45, 2.75) is 38.2 Å². The first-order chi connectivity index (χ1) is 10.9. The van der Waals surface area contributed by atoms with E-state index in [1.165, 1.54) is 6.08 Å². The average Bonchev–Trinajstić information content (AvgIpc) is 2.98. The first kappa shape index (κ1) is 17.1. The van der Waals surface area contributed by atoms with Gasteiger partial charge in [-0.2, -0.15) is 13.9 Å². The Kier molecular flexibility index (Phi) is 4.82. The standard InChI is InChI=1S/C15H18F2N2O4/c1-4-6-9-7-15(16,17)13-11(9)12(14(21)23-5-2)18-19(13)8-10(20)22-3/h4,9H,1,5-8H2,2-3H3/t9-/m0/s1. The number of rotatable bonds is 6. The number of alkyl halides is 2. The van der Waals surface area contributed by atoms with E-state index < -0.39 is 42.4 Å². The van der Waals surface area contributed by atoms with Crippen LogP contribution in [0.5, 0.6) is 0 Å². The highest BCUT2D eigenvalue weighted by molar-refractivity contribution is 5.90. The molecule has 0 spiro atoms. The van der Waals surface area contributed by atoms with E-state index in [0.29, 0.717) is 0 Å². The van der Waals surface area contributed by atoms with Gasteiger partial charge in [0.05, 0.1) is 13.7 Å². The van der Waals surface area contributed by atoms with Crippen LogP contribution in [0.1, 0.15) is 47.4 Å². The van der Waals surface area contributed by atoms with E-state index in [0.717, 1.165) is 11.8 Å². The van der Waals surface area contributed by atoms with Crippen molar-refractivity contribution in [2.24, 2.45) is 0 Å². The Hall–Kier alpha value is -2.25. The van der Waals surface area contributed by atoms with E-state index in [1.807, 2.05) is 0 Å². The van der Waals surface area contributed by atoms with Crippen LogP contribution >= 0.6 is 0 Å². The molecular weight excluding hydrogens is 310 g/mol. The molecule has 1 aliphatic rings. The van der Waals surface area contributed by atoms with E-state index in [4.69, 9.17) is 4.74 Å². The van der Waals surface area contributed by atoms with Crippen LogP contribution in [0.15, 0.2) is 12.7 Å². The zero-order valence-corrected chi connectivity index (χ0v) is 13.0. The second kappa shape index (κ2) is 6.47. The van der Waals surface area contributed by atoms with Crippen molar-refractivity contribution in [3.05, 3.63) is 29.6 Å². The van der Waals surface area contributed by atoms with E-state index in [1.54, 1.807) is 6.92 Å². The Morgan fingerprint density at radius 3 is 2.78 bits per heavy atom. The highest BCUT2D eigenvalue weighted by Crippen LogP contribution is 2.51. The van der Waals surface area contributed by atoms with Gasteiger partial charge in [0.2, 0.25) is 0 Å². The van der Waals surface area contributed by atoms with Gasteiger partial charge in [-0.25, -0.2) is 4.79 Å². The highest BCUT2D eigenvalue weighted by atomic mass is 19.3. The number of hydrogen-bond donors (Lipinski definition) is 0. The number of hydrogen-bond acceptors (Lipinski definition) is 5. The van der Waals surface area contributed by atoms with Gasteiger partial charge in [-0.1, -0.05) is 6.08 Å². The summed E-state index contributed by atoms with van der Waals surface area (Å²) in [4.78, 5) is 23.5. The van der Waals surface area contributed by atoms with Crippen molar-refractivity contribution < 1.29 is 27.8 Å². The van der Waals surface area contributed by atoms with Gasteiger partial charge in [-0.3, -0.25) is 9.48 Å². The predicted octanol–water partition coefficient (Wildman–Crippen LogP) is 2.39. The fourth-order valence-corrected chi connectivity index (χ4v) is 2.81. The Bertz CT molecular complexity index is 640. The van der Waals surface area contributed by atoms with Crippen molar-refractivity contribution in [3.63, 3.8) is 0 Å². The van der Waals surface area contributed by atoms with Crippen LogP contribution in [0.25, 0.3) is 0 Å². The van der Waals surface area contributed by atoms with Gasteiger partial charge >= 0.3 is 11.9 Å². The van der Waals surface area contributed by atoms with Gasteiger partial charge in [0.25, 0.3) is 5.92 Å². The topological polar surface area (TPSA) is 70.4 Å². The lowest BCUT2D eigenvalue weighted by atomic mass is 9.97.